The van der Waals surface area contributed by atoms with Crippen LogP contribution >= 0.6 is 0 Å². The lowest BCUT2D eigenvalue weighted by atomic mass is 9.68. The molecule has 11 heteroatoms. The van der Waals surface area contributed by atoms with Crippen molar-refractivity contribution in [1.82, 2.24) is 20.0 Å². The Balaban J connectivity index is 1.38. The highest BCUT2D eigenvalue weighted by molar-refractivity contribution is 6.31. The van der Waals surface area contributed by atoms with Crippen LogP contribution in [0.3, 0.4) is 0 Å². The number of rotatable bonds is 2. The first-order valence-electron chi connectivity index (χ1n) is 13.6. The quantitative estimate of drug-likeness (QED) is 0.350. The first-order valence-corrected chi connectivity index (χ1v) is 13.6. The molecule has 1 N–H and O–H groups in total. The highest BCUT2D eigenvalue weighted by atomic mass is 16.2. The second kappa shape index (κ2) is 9.03. The van der Waals surface area contributed by atoms with Crippen molar-refractivity contribution >= 4 is 47.5 Å². The van der Waals surface area contributed by atoms with Crippen molar-refractivity contribution in [2.24, 2.45) is 5.41 Å². The first-order chi connectivity index (χ1) is 18.6. The molecule has 0 radical (unpaired) electrons. The fourth-order valence-corrected chi connectivity index (χ4v) is 7.14. The summed E-state index contributed by atoms with van der Waals surface area (Å²) in [5.74, 6) is -2.37. The van der Waals surface area contributed by atoms with Gasteiger partial charge in [0.15, 0.2) is 5.41 Å². The van der Waals surface area contributed by atoms with Crippen molar-refractivity contribution in [3.63, 3.8) is 0 Å². The molecule has 4 aliphatic heterocycles. The zero-order valence-electron chi connectivity index (χ0n) is 22.1. The fourth-order valence-electron chi connectivity index (χ4n) is 7.14. The Bertz CT molecular complexity index is 1340. The highest BCUT2D eigenvalue weighted by Gasteiger charge is 2.63. The smallest absolute Gasteiger partial charge is 0.332 e. The second-order valence-electron chi connectivity index (χ2n) is 11.2. The summed E-state index contributed by atoms with van der Waals surface area (Å²) in [7, 11) is 2.80. The van der Waals surface area contributed by atoms with E-state index in [4.69, 9.17) is 0 Å². The minimum Gasteiger partial charge on any atom is -0.367 e. The minimum absolute atomic E-state index is 0.104. The van der Waals surface area contributed by atoms with Crippen molar-refractivity contribution in [2.45, 2.75) is 63.5 Å². The number of carbonyl (C=O) groups excluding carboxylic acids is 6. The zero-order valence-corrected chi connectivity index (χ0v) is 22.1. The molecule has 1 saturated carbocycles. The number of hydrogen-bond donors (Lipinski definition) is 1. The van der Waals surface area contributed by atoms with Gasteiger partial charge in [-0.25, -0.2) is 9.59 Å². The molecule has 204 valence electrons. The number of anilines is 1. The Morgan fingerprint density at radius 3 is 2.28 bits per heavy atom. The molecular weight excluding hydrogens is 502 g/mol. The van der Waals surface area contributed by atoms with E-state index in [1.165, 1.54) is 25.1 Å². The monoisotopic (exact) mass is 533 g/mol. The standard InChI is InChI=1S/C28H31N5O6/c1-30-24(36)28(25(37)31(2)27(30)39)15-17-13-16(10-11-20(17)32-12-6-9-21(28)32)14-19-22(34)29-26(38)33(23(19)35)18-7-4-3-5-8-18/h10-11,13-14,18,21H,3-9,12,15H2,1-2H3,(H,29,34,38). The van der Waals surface area contributed by atoms with Crippen LogP contribution in [0.2, 0.25) is 0 Å². The number of benzene rings is 1. The molecule has 4 heterocycles. The summed E-state index contributed by atoms with van der Waals surface area (Å²) >= 11 is 0. The lowest BCUT2D eigenvalue weighted by Crippen LogP contribution is -2.70. The molecule has 1 aromatic carbocycles. The van der Waals surface area contributed by atoms with Crippen LogP contribution in [0.1, 0.15) is 56.1 Å². The Morgan fingerprint density at radius 1 is 0.897 bits per heavy atom. The molecule has 11 nitrogen and oxygen atoms in total. The van der Waals surface area contributed by atoms with Gasteiger partial charge in [0.1, 0.15) is 5.57 Å². The maximum atomic E-state index is 13.6. The van der Waals surface area contributed by atoms with Crippen LogP contribution in [0.25, 0.3) is 6.08 Å². The van der Waals surface area contributed by atoms with Crippen molar-refractivity contribution in [2.75, 3.05) is 25.5 Å². The predicted molar refractivity (Wildman–Crippen MR) is 139 cm³/mol. The maximum absolute atomic E-state index is 13.6. The summed E-state index contributed by atoms with van der Waals surface area (Å²) in [4.78, 5) is 83.7. The molecule has 3 saturated heterocycles. The minimum atomic E-state index is -1.44. The van der Waals surface area contributed by atoms with Crippen molar-refractivity contribution in [1.29, 1.82) is 0 Å². The summed E-state index contributed by atoms with van der Waals surface area (Å²) in [6.45, 7) is 0.668. The third-order valence-corrected chi connectivity index (χ3v) is 9.03. The van der Waals surface area contributed by atoms with Gasteiger partial charge in [-0.3, -0.25) is 39.2 Å². The van der Waals surface area contributed by atoms with Crippen molar-refractivity contribution in [3.05, 3.63) is 34.9 Å². The number of urea groups is 2. The summed E-state index contributed by atoms with van der Waals surface area (Å²) in [6.07, 6.45) is 7.36. The molecule has 8 amide bonds. The third kappa shape index (κ3) is 3.62. The number of imide groups is 4. The molecule has 39 heavy (non-hydrogen) atoms. The highest BCUT2D eigenvalue weighted by Crippen LogP contribution is 2.49. The van der Waals surface area contributed by atoms with Gasteiger partial charge in [-0.05, 0) is 61.4 Å². The molecule has 1 aromatic rings. The van der Waals surface area contributed by atoms with Crippen molar-refractivity contribution in [3.8, 4) is 0 Å². The van der Waals surface area contributed by atoms with Crippen LogP contribution in [0.4, 0.5) is 15.3 Å². The summed E-state index contributed by atoms with van der Waals surface area (Å²) in [6, 6.07) is 3.54. The maximum Gasteiger partial charge on any atom is 0.332 e. The average Bonchev–Trinajstić information content (AvgIpc) is 3.43. The van der Waals surface area contributed by atoms with Gasteiger partial charge in [-0.1, -0.05) is 25.3 Å². The van der Waals surface area contributed by atoms with E-state index in [1.807, 2.05) is 6.07 Å². The molecule has 1 unspecified atom stereocenters. The molecule has 1 spiro atoms. The summed E-state index contributed by atoms with van der Waals surface area (Å²) < 4.78 is 0. The first kappa shape index (κ1) is 25.3. The van der Waals surface area contributed by atoms with E-state index in [0.29, 0.717) is 31.4 Å². The number of carbonyl (C=O) groups is 6. The van der Waals surface area contributed by atoms with Gasteiger partial charge in [0.05, 0.1) is 6.04 Å². The lowest BCUT2D eigenvalue weighted by molar-refractivity contribution is -0.159. The van der Waals surface area contributed by atoms with Gasteiger partial charge >= 0.3 is 12.1 Å². The molecule has 6 rings (SSSR count). The number of fused-ring (bicyclic) bond motifs is 4. The normalized spacial score (nSPS) is 26.5. The zero-order chi connectivity index (χ0) is 27.6. The third-order valence-electron chi connectivity index (χ3n) is 9.03. The average molecular weight is 534 g/mol. The van der Waals surface area contributed by atoms with E-state index in [0.717, 1.165) is 46.7 Å². The molecule has 5 aliphatic rings. The van der Waals surface area contributed by atoms with Gasteiger partial charge in [-0.15, -0.1) is 0 Å². The Labute approximate surface area is 225 Å². The molecule has 0 bridgehead atoms. The topological polar surface area (TPSA) is 127 Å². The van der Waals surface area contributed by atoms with Crippen molar-refractivity contribution < 1.29 is 28.8 Å². The van der Waals surface area contributed by atoms with Crippen LogP contribution in [-0.4, -0.2) is 83.1 Å². The van der Waals surface area contributed by atoms with E-state index in [1.54, 1.807) is 12.1 Å². The van der Waals surface area contributed by atoms with E-state index in [-0.39, 0.29) is 24.1 Å². The largest absolute Gasteiger partial charge is 0.367 e. The molecule has 0 aromatic heterocycles. The lowest BCUT2D eigenvalue weighted by Gasteiger charge is -2.50. The van der Waals surface area contributed by atoms with Gasteiger partial charge in [-0.2, -0.15) is 0 Å². The predicted octanol–water partition coefficient (Wildman–Crippen LogP) is 2.04. The van der Waals surface area contributed by atoms with Crippen LogP contribution < -0.4 is 10.2 Å². The molecular formula is C28H31N5O6. The molecule has 1 aliphatic carbocycles. The van der Waals surface area contributed by atoms with E-state index in [9.17, 15) is 28.8 Å². The summed E-state index contributed by atoms with van der Waals surface area (Å²) in [5.41, 5.74) is 0.608. The number of hydrogen-bond acceptors (Lipinski definition) is 7. The number of nitrogens with one attached hydrogen (secondary N) is 1. The van der Waals surface area contributed by atoms with Crippen LogP contribution in [0.5, 0.6) is 0 Å². The SMILES string of the molecule is CN1C(=O)N(C)C(=O)C2(Cc3cc(C=C4C(=O)NC(=O)N(C5CCCCC5)C4=O)ccc3N3CCCC32)C1=O. The number of amides is 8. The molecule has 1 atom stereocenters. The van der Waals surface area contributed by atoms with Crippen LogP contribution in [0, 0.1) is 5.41 Å². The second-order valence-corrected chi connectivity index (χ2v) is 11.2. The Kier molecular flexibility index (Phi) is 5.85. The Morgan fingerprint density at radius 2 is 1.59 bits per heavy atom. The number of barbiturate groups is 2. The molecule has 4 fully saturated rings. The van der Waals surface area contributed by atoms with Gasteiger partial charge < -0.3 is 4.90 Å². The van der Waals surface area contributed by atoms with Gasteiger partial charge in [0.2, 0.25) is 11.8 Å². The number of nitrogens with zero attached hydrogens (tertiary/aromatic N) is 4. The Hall–Kier alpha value is -4.02. The van der Waals surface area contributed by atoms with Gasteiger partial charge in [0, 0.05) is 32.4 Å². The van der Waals surface area contributed by atoms with E-state index in [2.05, 4.69) is 10.2 Å². The van der Waals surface area contributed by atoms with Crippen LogP contribution in [0.15, 0.2) is 23.8 Å². The fraction of sp³-hybridized carbons (Fsp3) is 0.500. The van der Waals surface area contributed by atoms with E-state index < -0.39 is 41.1 Å². The van der Waals surface area contributed by atoms with E-state index >= 15 is 0 Å². The van der Waals surface area contributed by atoms with Crippen LogP contribution in [-0.2, 0) is 25.6 Å². The summed E-state index contributed by atoms with van der Waals surface area (Å²) in [5, 5.41) is 2.31. The van der Waals surface area contributed by atoms with Gasteiger partial charge in [0.25, 0.3) is 11.8 Å².